The van der Waals surface area contributed by atoms with Gasteiger partial charge >= 0.3 is 6.01 Å². The Labute approximate surface area is 185 Å². The van der Waals surface area contributed by atoms with Gasteiger partial charge in [0.1, 0.15) is 11.3 Å². The van der Waals surface area contributed by atoms with E-state index in [1.807, 2.05) is 6.07 Å². The fourth-order valence-corrected chi connectivity index (χ4v) is 4.73. The molecular formula is C24H26F2N4O2. The lowest BCUT2D eigenvalue weighted by Crippen LogP contribution is -2.41. The molecule has 4 rings (SSSR count). The van der Waals surface area contributed by atoms with Crippen LogP contribution in [0.25, 0.3) is 10.9 Å². The van der Waals surface area contributed by atoms with Gasteiger partial charge in [0.25, 0.3) is 5.91 Å². The molecule has 1 N–H and O–H groups in total. The Morgan fingerprint density at radius 1 is 1.16 bits per heavy atom. The van der Waals surface area contributed by atoms with Crippen LogP contribution in [-0.4, -0.2) is 34.0 Å². The minimum absolute atomic E-state index is 0.0367. The van der Waals surface area contributed by atoms with Crippen LogP contribution >= 0.6 is 0 Å². The number of ether oxygens (including phenoxy) is 1. The summed E-state index contributed by atoms with van der Waals surface area (Å²) < 4.78 is 32.9. The predicted molar refractivity (Wildman–Crippen MR) is 116 cm³/mol. The van der Waals surface area contributed by atoms with Crippen LogP contribution in [0.1, 0.15) is 60.9 Å². The summed E-state index contributed by atoms with van der Waals surface area (Å²) in [4.78, 5) is 24.7. The Balaban J connectivity index is 1.43. The normalized spacial score (nSPS) is 19.5. The molecule has 1 fully saturated rings. The highest BCUT2D eigenvalue weighted by Crippen LogP contribution is 2.40. The molecule has 6 nitrogen and oxygen atoms in total. The average molecular weight is 440 g/mol. The highest BCUT2D eigenvalue weighted by atomic mass is 19.1. The summed E-state index contributed by atoms with van der Waals surface area (Å²) in [6.07, 6.45) is 8.94. The third kappa shape index (κ3) is 4.54. The van der Waals surface area contributed by atoms with E-state index in [0.717, 1.165) is 43.7 Å². The molecule has 0 saturated heterocycles. The first kappa shape index (κ1) is 22.0. The molecule has 168 valence electrons. The van der Waals surface area contributed by atoms with E-state index in [9.17, 15) is 13.6 Å². The molecule has 2 heterocycles. The molecule has 0 radical (unpaired) electrons. The summed E-state index contributed by atoms with van der Waals surface area (Å²) in [6.45, 7) is 2.06. The number of carbonyl (C=O) groups excluding carboxylic acids is 1. The summed E-state index contributed by atoms with van der Waals surface area (Å²) in [5, 5.41) is 3.67. The van der Waals surface area contributed by atoms with Crippen molar-refractivity contribution in [1.29, 1.82) is 0 Å². The van der Waals surface area contributed by atoms with Gasteiger partial charge < -0.3 is 10.1 Å². The molecule has 2 aromatic heterocycles. The third-order valence-electron chi connectivity index (χ3n) is 6.41. The Kier molecular flexibility index (Phi) is 6.58. The van der Waals surface area contributed by atoms with Crippen molar-refractivity contribution in [2.45, 2.75) is 51.0 Å². The number of nitrogens with one attached hydrogen (secondary N) is 1. The maximum absolute atomic E-state index is 14.2. The molecular weight excluding hydrogens is 414 g/mol. The van der Waals surface area contributed by atoms with E-state index >= 15 is 0 Å². The second kappa shape index (κ2) is 9.54. The maximum atomic E-state index is 14.2. The molecule has 32 heavy (non-hydrogen) atoms. The molecule has 0 unspecified atom stereocenters. The van der Waals surface area contributed by atoms with Crippen molar-refractivity contribution in [3.8, 4) is 6.01 Å². The number of halogens is 2. The zero-order valence-corrected chi connectivity index (χ0v) is 18.1. The van der Waals surface area contributed by atoms with Crippen molar-refractivity contribution in [1.82, 2.24) is 20.3 Å². The Morgan fingerprint density at radius 2 is 1.88 bits per heavy atom. The second-order valence-corrected chi connectivity index (χ2v) is 8.24. The van der Waals surface area contributed by atoms with Crippen molar-refractivity contribution in [3.63, 3.8) is 0 Å². The van der Waals surface area contributed by atoms with Crippen LogP contribution in [-0.2, 0) is 0 Å². The van der Waals surface area contributed by atoms with Gasteiger partial charge in [-0.05, 0) is 61.6 Å². The summed E-state index contributed by atoms with van der Waals surface area (Å²) in [7, 11) is 1.47. The minimum atomic E-state index is -0.633. The van der Waals surface area contributed by atoms with Gasteiger partial charge in [-0.15, -0.1) is 0 Å². The van der Waals surface area contributed by atoms with Gasteiger partial charge in [-0.1, -0.05) is 6.92 Å². The van der Waals surface area contributed by atoms with Gasteiger partial charge in [0.15, 0.2) is 5.82 Å². The number of rotatable bonds is 6. The van der Waals surface area contributed by atoms with Crippen LogP contribution in [0.2, 0.25) is 0 Å². The van der Waals surface area contributed by atoms with Crippen LogP contribution < -0.4 is 10.1 Å². The predicted octanol–water partition coefficient (Wildman–Crippen LogP) is 4.79. The number of benzene rings is 1. The second-order valence-electron chi connectivity index (χ2n) is 8.24. The molecule has 1 aliphatic rings. The molecule has 1 amide bonds. The zero-order valence-electron chi connectivity index (χ0n) is 18.1. The first-order valence-electron chi connectivity index (χ1n) is 10.9. The molecule has 1 aromatic carbocycles. The zero-order chi connectivity index (χ0) is 22.7. The van der Waals surface area contributed by atoms with E-state index in [4.69, 9.17) is 4.74 Å². The topological polar surface area (TPSA) is 77.0 Å². The summed E-state index contributed by atoms with van der Waals surface area (Å²) in [5.74, 6) is -0.879. The van der Waals surface area contributed by atoms with Crippen molar-refractivity contribution in [2.75, 3.05) is 7.11 Å². The molecule has 1 saturated carbocycles. The standard InChI is InChI=1S/C24H26F2N4O2/c1-3-21(30-23(31)16-12-28-24(32-2)29-13-16)15-6-4-14(5-7-15)18-8-9-27-22-19(18)10-17(25)11-20(22)26/h8-15,21H,3-7H2,1-2H3,(H,30,31)/t14-,15-,21-/m1/s1. The fourth-order valence-electron chi connectivity index (χ4n) is 4.73. The first-order valence-corrected chi connectivity index (χ1v) is 10.9. The molecule has 3 aromatic rings. The third-order valence-corrected chi connectivity index (χ3v) is 6.41. The van der Waals surface area contributed by atoms with E-state index in [0.29, 0.717) is 16.9 Å². The number of methoxy groups -OCH3 is 1. The van der Waals surface area contributed by atoms with Crippen LogP contribution in [0.4, 0.5) is 8.78 Å². The Morgan fingerprint density at radius 3 is 2.53 bits per heavy atom. The number of nitrogens with zero attached hydrogens (tertiary/aromatic N) is 3. The lowest BCUT2D eigenvalue weighted by molar-refractivity contribution is 0.0908. The van der Waals surface area contributed by atoms with Crippen LogP contribution in [0.15, 0.2) is 36.8 Å². The van der Waals surface area contributed by atoms with E-state index in [-0.39, 0.29) is 29.4 Å². The number of fused-ring (bicyclic) bond motifs is 1. The van der Waals surface area contributed by atoms with Gasteiger partial charge in [-0.2, -0.15) is 0 Å². The summed E-state index contributed by atoms with van der Waals surface area (Å²) >= 11 is 0. The van der Waals surface area contributed by atoms with Gasteiger partial charge in [-0.25, -0.2) is 18.7 Å². The molecule has 0 bridgehead atoms. The van der Waals surface area contributed by atoms with Crippen molar-refractivity contribution in [3.05, 3.63) is 59.6 Å². The quantitative estimate of drug-likeness (QED) is 0.596. The van der Waals surface area contributed by atoms with Gasteiger partial charge in [-0.3, -0.25) is 9.78 Å². The van der Waals surface area contributed by atoms with Crippen LogP contribution in [0.3, 0.4) is 0 Å². The largest absolute Gasteiger partial charge is 0.467 e. The van der Waals surface area contributed by atoms with Crippen molar-refractivity contribution in [2.24, 2.45) is 5.92 Å². The van der Waals surface area contributed by atoms with Gasteiger partial charge in [0.2, 0.25) is 0 Å². The number of carbonyl (C=O) groups is 1. The van der Waals surface area contributed by atoms with Crippen LogP contribution in [0.5, 0.6) is 6.01 Å². The summed E-state index contributed by atoms with van der Waals surface area (Å²) in [5.41, 5.74) is 1.55. The number of aromatic nitrogens is 3. The number of hydrogen-bond donors (Lipinski definition) is 1. The van der Waals surface area contributed by atoms with Crippen LogP contribution in [0, 0.1) is 17.6 Å². The first-order chi connectivity index (χ1) is 15.5. The SMILES string of the molecule is CC[C@@H](NC(=O)c1cnc(OC)nc1)[C@H]1CC[C@H](c2ccnc3c(F)cc(F)cc32)CC1. The average Bonchev–Trinajstić information content (AvgIpc) is 2.82. The number of amides is 1. The number of pyridine rings is 1. The number of hydrogen-bond acceptors (Lipinski definition) is 5. The molecule has 1 aliphatic carbocycles. The highest BCUT2D eigenvalue weighted by Gasteiger charge is 2.29. The highest BCUT2D eigenvalue weighted by molar-refractivity contribution is 5.93. The molecule has 0 spiro atoms. The van der Waals surface area contributed by atoms with E-state index < -0.39 is 11.6 Å². The summed E-state index contributed by atoms with van der Waals surface area (Å²) in [6, 6.07) is 4.37. The maximum Gasteiger partial charge on any atom is 0.316 e. The van der Waals surface area contributed by atoms with E-state index in [1.165, 1.54) is 25.6 Å². The Bertz CT molecular complexity index is 1100. The fraction of sp³-hybridized carbons (Fsp3) is 0.417. The lowest BCUT2D eigenvalue weighted by atomic mass is 9.75. The monoisotopic (exact) mass is 440 g/mol. The van der Waals surface area contributed by atoms with Crippen molar-refractivity contribution >= 4 is 16.8 Å². The lowest BCUT2D eigenvalue weighted by Gasteiger charge is -2.34. The Hall–Kier alpha value is -3.16. The van der Waals surface area contributed by atoms with Gasteiger partial charge in [0.05, 0.1) is 12.7 Å². The van der Waals surface area contributed by atoms with E-state index in [2.05, 4.69) is 27.2 Å². The smallest absolute Gasteiger partial charge is 0.316 e. The molecule has 1 atom stereocenters. The molecule has 0 aliphatic heterocycles. The van der Waals surface area contributed by atoms with Crippen molar-refractivity contribution < 1.29 is 18.3 Å². The van der Waals surface area contributed by atoms with E-state index in [1.54, 1.807) is 6.20 Å². The minimum Gasteiger partial charge on any atom is -0.467 e. The van der Waals surface area contributed by atoms with Gasteiger partial charge in [0, 0.05) is 36.1 Å². The molecule has 8 heteroatoms.